The molecule has 1 aromatic carbocycles. The maximum atomic E-state index is 12.7. The molecule has 3 rings (SSSR count). The van der Waals surface area contributed by atoms with Crippen LogP contribution in [0.2, 0.25) is 0 Å². The lowest BCUT2D eigenvalue weighted by Crippen LogP contribution is -2.46. The first-order chi connectivity index (χ1) is 10.1. The first-order valence-corrected chi connectivity index (χ1v) is 8.04. The van der Waals surface area contributed by atoms with Gasteiger partial charge < -0.3 is 15.5 Å². The predicted octanol–water partition coefficient (Wildman–Crippen LogP) is 3.12. The Morgan fingerprint density at radius 2 is 1.70 bits per heavy atom. The van der Waals surface area contributed by atoms with E-state index >= 15 is 0 Å². The number of nitrogens with zero attached hydrogens (tertiary/aromatic N) is 2. The van der Waals surface area contributed by atoms with E-state index < -0.39 is 0 Å². The third-order valence-corrected chi connectivity index (χ3v) is 4.90. The summed E-state index contributed by atoms with van der Waals surface area (Å²) in [5.41, 5.74) is 8.25. The lowest BCUT2D eigenvalue weighted by atomic mass is 10.0. The van der Waals surface area contributed by atoms with Crippen LogP contribution in [0, 0.1) is 6.92 Å². The van der Waals surface area contributed by atoms with Crippen LogP contribution in [0.15, 0.2) is 18.2 Å². The third-order valence-electron chi connectivity index (χ3n) is 4.90. The Bertz CT molecular complexity index is 525. The van der Waals surface area contributed by atoms with E-state index in [4.69, 9.17) is 5.73 Å². The number of aryl methyl sites for hydroxylation is 1. The van der Waals surface area contributed by atoms with Crippen LogP contribution in [0.4, 0.5) is 5.69 Å². The van der Waals surface area contributed by atoms with Gasteiger partial charge in [0.05, 0.1) is 0 Å². The predicted molar refractivity (Wildman–Crippen MR) is 99.8 cm³/mol. The summed E-state index contributed by atoms with van der Waals surface area (Å²) in [6.07, 6.45) is 4.88. The first-order valence-electron chi connectivity index (χ1n) is 8.04. The van der Waals surface area contributed by atoms with Gasteiger partial charge in [0, 0.05) is 30.4 Å². The number of piperidine rings is 1. The normalized spacial score (nSPS) is 19.1. The standard InChI is InChI=1S/C17H25N3O.2ClH/c1-13-4-5-14(18)12-16(13)17(21)20-10-6-15(7-11-20)19-8-2-3-9-19;;/h4-5,12,15H,2-3,6-11,18H2,1H3;2*1H. The summed E-state index contributed by atoms with van der Waals surface area (Å²) >= 11 is 0. The molecular weight excluding hydrogens is 333 g/mol. The maximum absolute atomic E-state index is 12.7. The molecule has 2 aliphatic heterocycles. The van der Waals surface area contributed by atoms with E-state index in [0.29, 0.717) is 11.7 Å². The van der Waals surface area contributed by atoms with Crippen molar-refractivity contribution in [1.29, 1.82) is 0 Å². The summed E-state index contributed by atoms with van der Waals surface area (Å²) in [7, 11) is 0. The fourth-order valence-corrected chi connectivity index (χ4v) is 3.58. The Labute approximate surface area is 151 Å². The van der Waals surface area contributed by atoms with Gasteiger partial charge in [-0.05, 0) is 63.4 Å². The summed E-state index contributed by atoms with van der Waals surface area (Å²) in [5.74, 6) is 0.139. The lowest BCUT2D eigenvalue weighted by molar-refractivity contribution is 0.0644. The van der Waals surface area contributed by atoms with Crippen molar-refractivity contribution in [2.24, 2.45) is 0 Å². The molecule has 0 aliphatic carbocycles. The van der Waals surface area contributed by atoms with E-state index in [-0.39, 0.29) is 30.7 Å². The number of rotatable bonds is 2. The van der Waals surface area contributed by atoms with Crippen LogP contribution in [-0.4, -0.2) is 47.9 Å². The van der Waals surface area contributed by atoms with Crippen LogP contribution in [0.5, 0.6) is 0 Å². The van der Waals surface area contributed by atoms with Crippen LogP contribution < -0.4 is 5.73 Å². The molecule has 2 N–H and O–H groups in total. The zero-order chi connectivity index (χ0) is 14.8. The van der Waals surface area contributed by atoms with E-state index in [1.807, 2.05) is 30.0 Å². The maximum Gasteiger partial charge on any atom is 0.254 e. The van der Waals surface area contributed by atoms with Crippen LogP contribution in [0.1, 0.15) is 41.6 Å². The fraction of sp³-hybridized carbons (Fsp3) is 0.588. The molecule has 4 nitrogen and oxygen atoms in total. The van der Waals surface area contributed by atoms with Crippen molar-refractivity contribution >= 4 is 36.4 Å². The van der Waals surface area contributed by atoms with Gasteiger partial charge in [0.1, 0.15) is 0 Å². The second kappa shape index (κ2) is 8.76. The fourth-order valence-electron chi connectivity index (χ4n) is 3.58. The molecule has 6 heteroatoms. The van der Waals surface area contributed by atoms with E-state index in [1.165, 1.54) is 25.9 Å². The number of anilines is 1. The van der Waals surface area contributed by atoms with Gasteiger partial charge in [0.2, 0.25) is 0 Å². The minimum atomic E-state index is 0. The zero-order valence-corrected chi connectivity index (χ0v) is 15.3. The Balaban J connectivity index is 0.00000132. The van der Waals surface area contributed by atoms with Crippen molar-refractivity contribution < 1.29 is 4.79 Å². The minimum absolute atomic E-state index is 0. The first kappa shape index (κ1) is 20.1. The summed E-state index contributed by atoms with van der Waals surface area (Å²) in [6.45, 7) is 6.20. The Kier molecular flexibility index (Phi) is 7.65. The van der Waals surface area contributed by atoms with E-state index in [0.717, 1.165) is 37.1 Å². The molecule has 0 saturated carbocycles. The molecule has 1 aromatic rings. The second-order valence-electron chi connectivity index (χ2n) is 6.34. The largest absolute Gasteiger partial charge is 0.399 e. The molecule has 0 atom stereocenters. The molecule has 2 saturated heterocycles. The van der Waals surface area contributed by atoms with Crippen molar-refractivity contribution in [3.63, 3.8) is 0 Å². The Morgan fingerprint density at radius 1 is 1.09 bits per heavy atom. The van der Waals surface area contributed by atoms with E-state index in [9.17, 15) is 4.79 Å². The van der Waals surface area contributed by atoms with Crippen molar-refractivity contribution in [2.75, 3.05) is 31.9 Å². The van der Waals surface area contributed by atoms with Gasteiger partial charge in [0.25, 0.3) is 5.91 Å². The van der Waals surface area contributed by atoms with Gasteiger partial charge in [-0.1, -0.05) is 6.07 Å². The van der Waals surface area contributed by atoms with Crippen LogP contribution in [-0.2, 0) is 0 Å². The van der Waals surface area contributed by atoms with Crippen LogP contribution in [0.3, 0.4) is 0 Å². The molecule has 2 fully saturated rings. The van der Waals surface area contributed by atoms with Gasteiger partial charge >= 0.3 is 0 Å². The molecule has 23 heavy (non-hydrogen) atoms. The smallest absolute Gasteiger partial charge is 0.254 e. The third kappa shape index (κ3) is 4.52. The number of likely N-dealkylation sites (tertiary alicyclic amines) is 2. The summed E-state index contributed by atoms with van der Waals surface area (Å²) in [6, 6.07) is 6.27. The van der Waals surface area contributed by atoms with E-state index in [1.54, 1.807) is 0 Å². The summed E-state index contributed by atoms with van der Waals surface area (Å²) < 4.78 is 0. The molecule has 2 aliphatic rings. The highest BCUT2D eigenvalue weighted by Crippen LogP contribution is 2.23. The number of amides is 1. The number of carbonyl (C=O) groups excluding carboxylic acids is 1. The number of nitrogen functional groups attached to an aromatic ring is 1. The molecule has 0 radical (unpaired) electrons. The number of carbonyl (C=O) groups is 1. The number of nitrogens with two attached hydrogens (primary N) is 1. The molecule has 0 spiro atoms. The molecular formula is C17H27Cl2N3O. The van der Waals surface area contributed by atoms with Gasteiger partial charge in [-0.3, -0.25) is 4.79 Å². The minimum Gasteiger partial charge on any atom is -0.399 e. The van der Waals surface area contributed by atoms with Crippen molar-refractivity contribution in [3.05, 3.63) is 29.3 Å². The molecule has 1 amide bonds. The Hall–Kier alpha value is -0.970. The van der Waals surface area contributed by atoms with E-state index in [2.05, 4.69) is 4.90 Å². The van der Waals surface area contributed by atoms with Gasteiger partial charge in [0.15, 0.2) is 0 Å². The average Bonchev–Trinajstić information content (AvgIpc) is 3.03. The Morgan fingerprint density at radius 3 is 2.30 bits per heavy atom. The number of hydrogen-bond acceptors (Lipinski definition) is 3. The second-order valence-corrected chi connectivity index (χ2v) is 6.34. The topological polar surface area (TPSA) is 49.6 Å². The molecule has 130 valence electrons. The summed E-state index contributed by atoms with van der Waals surface area (Å²) in [4.78, 5) is 17.3. The summed E-state index contributed by atoms with van der Waals surface area (Å²) in [5, 5.41) is 0. The molecule has 2 heterocycles. The molecule has 0 unspecified atom stereocenters. The monoisotopic (exact) mass is 359 g/mol. The number of hydrogen-bond donors (Lipinski definition) is 1. The average molecular weight is 360 g/mol. The molecule has 0 bridgehead atoms. The molecule has 0 aromatic heterocycles. The SMILES string of the molecule is Cc1ccc(N)cc1C(=O)N1CCC(N2CCCC2)CC1.Cl.Cl. The van der Waals surface area contributed by atoms with Gasteiger partial charge in [-0.2, -0.15) is 0 Å². The number of benzene rings is 1. The quantitative estimate of drug-likeness (QED) is 0.825. The van der Waals surface area contributed by atoms with Crippen LogP contribution >= 0.6 is 24.8 Å². The highest BCUT2D eigenvalue weighted by atomic mass is 35.5. The van der Waals surface area contributed by atoms with Gasteiger partial charge in [-0.25, -0.2) is 0 Å². The van der Waals surface area contributed by atoms with Crippen molar-refractivity contribution in [3.8, 4) is 0 Å². The zero-order valence-electron chi connectivity index (χ0n) is 13.7. The highest BCUT2D eigenvalue weighted by molar-refractivity contribution is 5.96. The number of halogens is 2. The van der Waals surface area contributed by atoms with Gasteiger partial charge in [-0.15, -0.1) is 24.8 Å². The van der Waals surface area contributed by atoms with Crippen LogP contribution in [0.25, 0.3) is 0 Å². The highest BCUT2D eigenvalue weighted by Gasteiger charge is 2.29. The van der Waals surface area contributed by atoms with Crippen molar-refractivity contribution in [2.45, 2.75) is 38.6 Å². The lowest BCUT2D eigenvalue weighted by Gasteiger charge is -2.36. The van der Waals surface area contributed by atoms with Crippen molar-refractivity contribution in [1.82, 2.24) is 9.80 Å².